The number of hydrogen-bond donors (Lipinski definition) is 1. The molecule has 0 unspecified atom stereocenters. The highest BCUT2D eigenvalue weighted by molar-refractivity contribution is 7.16. The summed E-state index contributed by atoms with van der Waals surface area (Å²) >= 11 is 1.36. The maximum atomic E-state index is 13.4. The maximum absolute atomic E-state index is 13.4. The van der Waals surface area contributed by atoms with E-state index in [2.05, 4.69) is 10.3 Å². The zero-order valence-corrected chi connectivity index (χ0v) is 19.7. The van der Waals surface area contributed by atoms with E-state index in [1.165, 1.54) is 23.5 Å². The molecule has 1 aliphatic heterocycles. The molecule has 176 valence electrons. The number of amides is 2. The highest BCUT2D eigenvalue weighted by Crippen LogP contribution is 2.40. The first-order valence-corrected chi connectivity index (χ1v) is 11.6. The molecule has 1 N–H and O–H groups in total. The lowest BCUT2D eigenvalue weighted by Crippen LogP contribution is -2.36. The Hall–Kier alpha value is -3.72. The van der Waals surface area contributed by atoms with E-state index in [1.807, 2.05) is 12.1 Å². The summed E-state index contributed by atoms with van der Waals surface area (Å²) in [6.45, 7) is 2.85. The smallest absolute Gasteiger partial charge is 0.410 e. The average molecular weight is 482 g/mol. The molecule has 3 aromatic rings. The molecule has 9 heteroatoms. The Morgan fingerprint density at radius 2 is 1.97 bits per heavy atom. The Bertz CT molecular complexity index is 1220. The maximum Gasteiger partial charge on any atom is 0.410 e. The van der Waals surface area contributed by atoms with Gasteiger partial charge in [0.15, 0.2) is 0 Å². The SMILES string of the molecule is CCOC(=O)N1CCc2c(sc(/N=C/c3ccc(F)cc3)c2C(=O)Nc2ccccc2OC)C1. The molecule has 2 amide bonds. The molecule has 0 saturated heterocycles. The molecule has 2 heterocycles. The van der Waals surface area contributed by atoms with Crippen molar-refractivity contribution in [3.63, 3.8) is 0 Å². The van der Waals surface area contributed by atoms with Gasteiger partial charge in [0.1, 0.15) is 16.6 Å². The first-order chi connectivity index (χ1) is 16.5. The average Bonchev–Trinajstić information content (AvgIpc) is 3.22. The third kappa shape index (κ3) is 5.09. The van der Waals surface area contributed by atoms with Crippen molar-refractivity contribution in [3.8, 4) is 5.75 Å². The van der Waals surface area contributed by atoms with Gasteiger partial charge in [0.25, 0.3) is 5.91 Å². The van der Waals surface area contributed by atoms with E-state index in [0.29, 0.717) is 53.7 Å². The van der Waals surface area contributed by atoms with Crippen molar-refractivity contribution in [2.45, 2.75) is 19.9 Å². The highest BCUT2D eigenvalue weighted by atomic mass is 32.1. The topological polar surface area (TPSA) is 80.2 Å². The van der Waals surface area contributed by atoms with Gasteiger partial charge < -0.3 is 19.7 Å². The van der Waals surface area contributed by atoms with Gasteiger partial charge >= 0.3 is 6.09 Å². The minimum absolute atomic E-state index is 0.298. The van der Waals surface area contributed by atoms with E-state index in [4.69, 9.17) is 9.47 Å². The fraction of sp³-hybridized carbons (Fsp3) is 0.240. The molecule has 0 aliphatic carbocycles. The molecule has 0 atom stereocenters. The molecule has 2 aromatic carbocycles. The van der Waals surface area contributed by atoms with E-state index >= 15 is 0 Å². The van der Waals surface area contributed by atoms with Crippen molar-refractivity contribution in [1.29, 1.82) is 0 Å². The third-order valence-corrected chi connectivity index (χ3v) is 6.47. The van der Waals surface area contributed by atoms with E-state index in [9.17, 15) is 14.0 Å². The zero-order chi connectivity index (χ0) is 24.1. The standard InChI is InChI=1S/C25H24FN3O4S/c1-3-33-25(31)29-13-12-18-21(15-29)34-24(27-14-16-8-10-17(26)11-9-16)22(18)23(30)28-19-6-4-5-7-20(19)32-2/h4-11,14H,3,12-13,15H2,1-2H3,(H,28,30)/b27-14+. The van der Waals surface area contributed by atoms with Crippen LogP contribution < -0.4 is 10.1 Å². The van der Waals surface area contributed by atoms with Gasteiger partial charge in [-0.3, -0.25) is 4.79 Å². The molecule has 1 aromatic heterocycles. The van der Waals surface area contributed by atoms with Crippen molar-refractivity contribution in [3.05, 3.63) is 75.9 Å². The number of methoxy groups -OCH3 is 1. The first-order valence-electron chi connectivity index (χ1n) is 10.8. The van der Waals surface area contributed by atoms with E-state index in [0.717, 1.165) is 10.4 Å². The number of nitrogens with zero attached hydrogens (tertiary/aromatic N) is 2. The number of ether oxygens (including phenoxy) is 2. The van der Waals surface area contributed by atoms with Crippen molar-refractivity contribution in [2.24, 2.45) is 4.99 Å². The normalized spacial score (nSPS) is 13.0. The lowest BCUT2D eigenvalue weighted by molar-refractivity contribution is 0.102. The Balaban J connectivity index is 1.69. The number of rotatable bonds is 6. The summed E-state index contributed by atoms with van der Waals surface area (Å²) < 4.78 is 23.7. The number of thiophene rings is 1. The molecule has 7 nitrogen and oxygen atoms in total. The van der Waals surface area contributed by atoms with Crippen molar-refractivity contribution >= 4 is 40.2 Å². The summed E-state index contributed by atoms with van der Waals surface area (Å²) in [5.74, 6) is -0.0951. The predicted molar refractivity (Wildman–Crippen MR) is 130 cm³/mol. The zero-order valence-electron chi connectivity index (χ0n) is 18.8. The van der Waals surface area contributed by atoms with Crippen LogP contribution in [0, 0.1) is 5.82 Å². The van der Waals surface area contributed by atoms with Gasteiger partial charge in [-0.2, -0.15) is 0 Å². The lowest BCUT2D eigenvalue weighted by atomic mass is 10.0. The van der Waals surface area contributed by atoms with Crippen LogP contribution in [0.25, 0.3) is 0 Å². The second-order valence-electron chi connectivity index (χ2n) is 7.52. The summed E-state index contributed by atoms with van der Waals surface area (Å²) in [5, 5.41) is 3.45. The molecular weight excluding hydrogens is 457 g/mol. The Kier molecular flexibility index (Phi) is 7.22. The summed E-state index contributed by atoms with van der Waals surface area (Å²) in [7, 11) is 1.54. The van der Waals surface area contributed by atoms with Gasteiger partial charge in [-0.05, 0) is 48.7 Å². The lowest BCUT2D eigenvalue weighted by Gasteiger charge is -2.26. The molecule has 0 bridgehead atoms. The molecule has 0 radical (unpaired) electrons. The first kappa shape index (κ1) is 23.4. The van der Waals surface area contributed by atoms with Crippen molar-refractivity contribution in [1.82, 2.24) is 4.90 Å². The van der Waals surface area contributed by atoms with Crippen LogP contribution in [0.15, 0.2) is 53.5 Å². The summed E-state index contributed by atoms with van der Waals surface area (Å²) in [5.41, 5.74) is 2.58. The number of hydrogen-bond acceptors (Lipinski definition) is 6. The number of fused-ring (bicyclic) bond motifs is 1. The Morgan fingerprint density at radius 1 is 1.21 bits per heavy atom. The van der Waals surface area contributed by atoms with Crippen LogP contribution in [0.3, 0.4) is 0 Å². The number of carbonyl (C=O) groups excluding carboxylic acids is 2. The van der Waals surface area contributed by atoms with E-state index < -0.39 is 0 Å². The van der Waals surface area contributed by atoms with E-state index in [1.54, 1.807) is 49.4 Å². The van der Waals surface area contributed by atoms with Crippen molar-refractivity contribution in [2.75, 3.05) is 25.6 Å². The van der Waals surface area contributed by atoms with Gasteiger partial charge in [-0.15, -0.1) is 11.3 Å². The van der Waals surface area contributed by atoms with Crippen LogP contribution in [0.5, 0.6) is 5.75 Å². The minimum Gasteiger partial charge on any atom is -0.495 e. The number of carbonyl (C=O) groups is 2. The summed E-state index contributed by atoms with van der Waals surface area (Å²) in [4.78, 5) is 32.7. The molecule has 34 heavy (non-hydrogen) atoms. The quantitative estimate of drug-likeness (QED) is 0.477. The molecule has 0 spiro atoms. The molecule has 0 saturated carbocycles. The number of aliphatic imine (C=N–C) groups is 1. The number of nitrogens with one attached hydrogen (secondary N) is 1. The van der Waals surface area contributed by atoms with Gasteiger partial charge in [0, 0.05) is 17.6 Å². The molecule has 4 rings (SSSR count). The van der Waals surface area contributed by atoms with Crippen molar-refractivity contribution < 1.29 is 23.5 Å². The monoisotopic (exact) mass is 481 g/mol. The number of halogens is 1. The van der Waals surface area contributed by atoms with Crippen LogP contribution in [-0.4, -0.2) is 43.4 Å². The number of para-hydroxylation sites is 2. The highest BCUT2D eigenvalue weighted by Gasteiger charge is 2.30. The Labute approximate surface area is 200 Å². The van der Waals surface area contributed by atoms with Gasteiger partial charge in [-0.25, -0.2) is 14.2 Å². The van der Waals surface area contributed by atoms with Crippen LogP contribution in [0.1, 0.15) is 33.3 Å². The van der Waals surface area contributed by atoms with Gasteiger partial charge in [-0.1, -0.05) is 24.3 Å². The fourth-order valence-electron chi connectivity index (χ4n) is 3.70. The second kappa shape index (κ2) is 10.5. The predicted octanol–water partition coefficient (Wildman–Crippen LogP) is 5.41. The Morgan fingerprint density at radius 3 is 2.71 bits per heavy atom. The second-order valence-corrected chi connectivity index (χ2v) is 8.60. The largest absolute Gasteiger partial charge is 0.495 e. The minimum atomic E-state index is -0.377. The van der Waals surface area contributed by atoms with Crippen LogP contribution in [0.4, 0.5) is 19.9 Å². The number of benzene rings is 2. The summed E-state index contributed by atoms with van der Waals surface area (Å²) in [6, 6.07) is 13.1. The number of anilines is 1. The van der Waals surface area contributed by atoms with Crippen LogP contribution in [0.2, 0.25) is 0 Å². The van der Waals surface area contributed by atoms with Crippen LogP contribution in [-0.2, 0) is 17.7 Å². The molecular formula is C25H24FN3O4S. The third-order valence-electron chi connectivity index (χ3n) is 5.35. The fourth-order valence-corrected chi connectivity index (χ4v) is 4.90. The molecule has 1 aliphatic rings. The van der Waals surface area contributed by atoms with Gasteiger partial charge in [0.05, 0.1) is 31.5 Å². The van der Waals surface area contributed by atoms with Gasteiger partial charge in [0.2, 0.25) is 0 Å². The summed E-state index contributed by atoms with van der Waals surface area (Å²) in [6.07, 6.45) is 1.73. The van der Waals surface area contributed by atoms with Crippen LogP contribution >= 0.6 is 11.3 Å². The van der Waals surface area contributed by atoms with E-state index in [-0.39, 0.29) is 17.8 Å². The molecule has 0 fully saturated rings.